The number of rotatable bonds is 4. The van der Waals surface area contributed by atoms with Gasteiger partial charge >= 0.3 is 5.97 Å². The van der Waals surface area contributed by atoms with Gasteiger partial charge < -0.3 is 4.74 Å². The minimum atomic E-state index is -0.541. The molecule has 78 valence electrons. The van der Waals surface area contributed by atoms with E-state index in [-0.39, 0.29) is 18.6 Å². The molecule has 0 spiro atoms. The topological polar surface area (TPSA) is 72.5 Å². The maximum atomic E-state index is 10.9. The van der Waals surface area contributed by atoms with Crippen molar-refractivity contribution in [2.24, 2.45) is 0 Å². The van der Waals surface area contributed by atoms with E-state index in [0.29, 0.717) is 0 Å². The Balaban J connectivity index is 3.64. The van der Waals surface area contributed by atoms with Crippen molar-refractivity contribution in [2.45, 2.75) is 20.3 Å². The van der Waals surface area contributed by atoms with Crippen molar-refractivity contribution in [1.29, 1.82) is 0 Å². The normalized spacial score (nSPS) is 9.00. The van der Waals surface area contributed by atoms with E-state index in [1.807, 2.05) is 0 Å². The molecule has 5 nitrogen and oxygen atoms in total. The number of carbonyl (C=O) groups is 3. The molecule has 1 N–H and O–H groups in total. The molecule has 0 aromatic heterocycles. The van der Waals surface area contributed by atoms with E-state index in [0.717, 1.165) is 0 Å². The van der Waals surface area contributed by atoms with Crippen LogP contribution in [-0.4, -0.2) is 24.4 Å². The lowest BCUT2D eigenvalue weighted by atomic mass is 10.3. The van der Waals surface area contributed by atoms with Crippen LogP contribution in [0.1, 0.15) is 20.3 Å². The van der Waals surface area contributed by atoms with Crippen molar-refractivity contribution in [3.05, 3.63) is 12.2 Å². The summed E-state index contributed by atoms with van der Waals surface area (Å²) in [6.07, 6.45) is -0.0292. The summed E-state index contributed by atoms with van der Waals surface area (Å²) in [6.45, 7) is 6.07. The molecule has 0 atom stereocenters. The van der Waals surface area contributed by atoms with E-state index in [4.69, 9.17) is 0 Å². The van der Waals surface area contributed by atoms with Gasteiger partial charge in [0.05, 0.1) is 6.42 Å². The summed E-state index contributed by atoms with van der Waals surface area (Å²) in [7, 11) is 0. The molecule has 0 fully saturated rings. The van der Waals surface area contributed by atoms with Crippen LogP contribution in [0, 0.1) is 0 Å². The highest BCUT2D eigenvalue weighted by molar-refractivity contribution is 5.94. The smallest absolute Gasteiger partial charge is 0.333 e. The molecule has 0 unspecified atom stereocenters. The van der Waals surface area contributed by atoms with Crippen molar-refractivity contribution in [2.75, 3.05) is 6.61 Å². The summed E-state index contributed by atoms with van der Waals surface area (Å²) in [5, 5.41) is 2.05. The first-order chi connectivity index (χ1) is 6.43. The van der Waals surface area contributed by atoms with Gasteiger partial charge in [0, 0.05) is 12.5 Å². The van der Waals surface area contributed by atoms with Crippen molar-refractivity contribution in [3.63, 3.8) is 0 Å². The summed E-state index contributed by atoms with van der Waals surface area (Å²) < 4.78 is 4.65. The number of hydrogen-bond donors (Lipinski definition) is 1. The molecule has 0 rings (SSSR count). The van der Waals surface area contributed by atoms with Gasteiger partial charge in [0.1, 0.15) is 6.61 Å². The number of nitrogens with one attached hydrogen (secondary N) is 1. The molecule has 0 bridgehead atoms. The Bertz CT molecular complexity index is 270. The zero-order chi connectivity index (χ0) is 11.1. The van der Waals surface area contributed by atoms with Gasteiger partial charge in [0.15, 0.2) is 0 Å². The lowest BCUT2D eigenvalue weighted by Gasteiger charge is -2.03. The first-order valence-corrected chi connectivity index (χ1v) is 4.06. The van der Waals surface area contributed by atoms with Gasteiger partial charge in [-0.1, -0.05) is 6.58 Å². The minimum Gasteiger partial charge on any atom is -0.462 e. The number of carbonyl (C=O) groups excluding carboxylic acids is 3. The third-order valence-electron chi connectivity index (χ3n) is 1.23. The molecule has 14 heavy (non-hydrogen) atoms. The largest absolute Gasteiger partial charge is 0.462 e. The van der Waals surface area contributed by atoms with Gasteiger partial charge in [-0.15, -0.1) is 0 Å². The Labute approximate surface area is 82.1 Å². The zero-order valence-corrected chi connectivity index (χ0v) is 8.25. The average Bonchev–Trinajstić information content (AvgIpc) is 2.02. The minimum absolute atomic E-state index is 0.0292. The fraction of sp³-hybridized carbons (Fsp3) is 0.444. The predicted molar refractivity (Wildman–Crippen MR) is 49.2 cm³/mol. The van der Waals surface area contributed by atoms with Crippen LogP contribution < -0.4 is 5.32 Å². The molecular weight excluding hydrogens is 186 g/mol. The standard InChI is InChI=1S/C9H13NO4/c1-6(2)9(13)14-5-4-8(12)10-7(3)11/h1,4-5H2,2-3H3,(H,10,11,12). The third-order valence-corrected chi connectivity index (χ3v) is 1.23. The number of esters is 1. The second kappa shape index (κ2) is 5.90. The summed E-state index contributed by atoms with van der Waals surface area (Å²) in [5.41, 5.74) is 0.275. The number of imide groups is 1. The molecule has 0 aliphatic carbocycles. The Morgan fingerprint density at radius 3 is 2.29 bits per heavy atom. The molecule has 0 saturated carbocycles. The SMILES string of the molecule is C=C(C)C(=O)OCCC(=O)NC(C)=O. The van der Waals surface area contributed by atoms with Gasteiger partial charge in [-0.05, 0) is 6.92 Å². The molecular formula is C9H13NO4. The molecule has 5 heteroatoms. The van der Waals surface area contributed by atoms with E-state index in [1.165, 1.54) is 13.8 Å². The Morgan fingerprint density at radius 1 is 1.29 bits per heavy atom. The van der Waals surface area contributed by atoms with E-state index in [2.05, 4.69) is 16.6 Å². The summed E-state index contributed by atoms with van der Waals surface area (Å²) in [6, 6.07) is 0. The molecule has 0 aromatic rings. The molecule has 0 aromatic carbocycles. The van der Waals surface area contributed by atoms with Gasteiger partial charge in [0.25, 0.3) is 0 Å². The molecule has 2 amide bonds. The summed E-state index contributed by atoms with van der Waals surface area (Å²) in [4.78, 5) is 32.1. The third kappa shape index (κ3) is 5.93. The van der Waals surface area contributed by atoms with Gasteiger partial charge in [0.2, 0.25) is 11.8 Å². The Kier molecular flexibility index (Phi) is 5.21. The quantitative estimate of drug-likeness (QED) is 0.517. The first kappa shape index (κ1) is 12.3. The van der Waals surface area contributed by atoms with Crippen molar-refractivity contribution < 1.29 is 19.1 Å². The van der Waals surface area contributed by atoms with E-state index in [9.17, 15) is 14.4 Å². The van der Waals surface area contributed by atoms with E-state index >= 15 is 0 Å². The molecule has 0 aliphatic heterocycles. The van der Waals surface area contributed by atoms with Gasteiger partial charge in [-0.25, -0.2) is 4.79 Å². The van der Waals surface area contributed by atoms with E-state index in [1.54, 1.807) is 0 Å². The summed E-state index contributed by atoms with van der Waals surface area (Å²) in [5.74, 6) is -1.44. The van der Waals surface area contributed by atoms with E-state index < -0.39 is 17.8 Å². The van der Waals surface area contributed by atoms with Crippen LogP contribution >= 0.6 is 0 Å². The highest BCUT2D eigenvalue weighted by Gasteiger charge is 2.06. The second-order valence-corrected chi connectivity index (χ2v) is 2.77. The van der Waals surface area contributed by atoms with Crippen LogP contribution in [0.25, 0.3) is 0 Å². The predicted octanol–water partition coefficient (Wildman–Crippen LogP) is 0.159. The fourth-order valence-corrected chi connectivity index (χ4v) is 0.618. The first-order valence-electron chi connectivity index (χ1n) is 4.06. The molecule has 0 saturated heterocycles. The highest BCUT2D eigenvalue weighted by Crippen LogP contribution is 1.93. The number of ether oxygens (including phenoxy) is 1. The van der Waals surface area contributed by atoms with Crippen LogP contribution in [-0.2, 0) is 19.1 Å². The van der Waals surface area contributed by atoms with Crippen LogP contribution in [0.15, 0.2) is 12.2 Å². The fourth-order valence-electron chi connectivity index (χ4n) is 0.618. The number of hydrogen-bond acceptors (Lipinski definition) is 4. The van der Waals surface area contributed by atoms with Gasteiger partial charge in [-0.3, -0.25) is 14.9 Å². The monoisotopic (exact) mass is 199 g/mol. The molecule has 0 aliphatic rings. The maximum Gasteiger partial charge on any atom is 0.333 e. The van der Waals surface area contributed by atoms with Crippen LogP contribution in [0.5, 0.6) is 0 Å². The van der Waals surface area contributed by atoms with Crippen LogP contribution in [0.4, 0.5) is 0 Å². The van der Waals surface area contributed by atoms with Crippen LogP contribution in [0.3, 0.4) is 0 Å². The average molecular weight is 199 g/mol. The lowest BCUT2D eigenvalue weighted by molar-refractivity contribution is -0.140. The molecule has 0 heterocycles. The Morgan fingerprint density at radius 2 is 1.86 bits per heavy atom. The van der Waals surface area contributed by atoms with Gasteiger partial charge in [-0.2, -0.15) is 0 Å². The maximum absolute atomic E-state index is 10.9. The summed E-state index contributed by atoms with van der Waals surface area (Å²) >= 11 is 0. The second-order valence-electron chi connectivity index (χ2n) is 2.77. The highest BCUT2D eigenvalue weighted by atomic mass is 16.5. The zero-order valence-electron chi connectivity index (χ0n) is 8.25. The van der Waals surface area contributed by atoms with Crippen LogP contribution in [0.2, 0.25) is 0 Å². The molecule has 0 radical (unpaired) electrons. The van der Waals surface area contributed by atoms with Crippen molar-refractivity contribution >= 4 is 17.8 Å². The van der Waals surface area contributed by atoms with Crippen molar-refractivity contribution in [3.8, 4) is 0 Å². The van der Waals surface area contributed by atoms with Crippen molar-refractivity contribution in [1.82, 2.24) is 5.32 Å². The lowest BCUT2D eigenvalue weighted by Crippen LogP contribution is -2.29. The Hall–Kier alpha value is -1.65. The number of amides is 2.